The second kappa shape index (κ2) is 7.96. The quantitative estimate of drug-likeness (QED) is 0.442. The van der Waals surface area contributed by atoms with E-state index in [-0.39, 0.29) is 0 Å². The van der Waals surface area contributed by atoms with Crippen LogP contribution in [0.4, 0.5) is 5.82 Å². The average molecular weight is 357 g/mol. The highest BCUT2D eigenvalue weighted by Gasteiger charge is 2.03. The molecule has 2 N–H and O–H groups in total. The molecule has 0 aliphatic carbocycles. The van der Waals surface area contributed by atoms with E-state index in [4.69, 9.17) is 4.74 Å². The van der Waals surface area contributed by atoms with Gasteiger partial charge in [-0.25, -0.2) is 0 Å². The van der Waals surface area contributed by atoms with Gasteiger partial charge in [0.05, 0.1) is 7.11 Å². The molecule has 0 radical (unpaired) electrons. The van der Waals surface area contributed by atoms with Gasteiger partial charge in [-0.1, -0.05) is 24.3 Å². The number of nitrogens with zero attached hydrogens (tertiary/aromatic N) is 1. The van der Waals surface area contributed by atoms with Crippen LogP contribution in [0.3, 0.4) is 0 Å². The standard InChI is InChI=1S/C23H23N3O/c1-27-22-8-4-17(5-9-22)3-2-11-25-23-14-21(16-26-23)18-6-7-20-15-24-12-10-19(20)13-18/h4-10,12-16,25-26H,2-3,11H2,1H3. The first-order valence-electron chi connectivity index (χ1n) is 9.21. The molecule has 0 saturated carbocycles. The number of aromatic amines is 1. The number of aromatic nitrogens is 2. The maximum Gasteiger partial charge on any atom is 0.118 e. The molecule has 0 fully saturated rings. The van der Waals surface area contributed by atoms with Crippen molar-refractivity contribution in [2.45, 2.75) is 12.8 Å². The van der Waals surface area contributed by atoms with Crippen molar-refractivity contribution in [2.75, 3.05) is 19.0 Å². The van der Waals surface area contributed by atoms with Gasteiger partial charge < -0.3 is 15.0 Å². The maximum absolute atomic E-state index is 5.20. The Hall–Kier alpha value is -3.27. The van der Waals surface area contributed by atoms with E-state index in [1.54, 1.807) is 7.11 Å². The summed E-state index contributed by atoms with van der Waals surface area (Å²) in [6, 6.07) is 18.9. The van der Waals surface area contributed by atoms with E-state index in [1.807, 2.05) is 36.8 Å². The van der Waals surface area contributed by atoms with E-state index >= 15 is 0 Å². The Labute approximate surface area is 159 Å². The fourth-order valence-corrected chi connectivity index (χ4v) is 3.23. The van der Waals surface area contributed by atoms with Crippen LogP contribution in [0.1, 0.15) is 12.0 Å². The summed E-state index contributed by atoms with van der Waals surface area (Å²) in [6.07, 6.45) is 7.89. The van der Waals surface area contributed by atoms with Crippen molar-refractivity contribution in [1.82, 2.24) is 9.97 Å². The Bertz CT molecular complexity index is 1020. The second-order valence-corrected chi connectivity index (χ2v) is 6.62. The van der Waals surface area contributed by atoms with Crippen LogP contribution in [0.25, 0.3) is 21.9 Å². The zero-order valence-corrected chi connectivity index (χ0v) is 15.4. The summed E-state index contributed by atoms with van der Waals surface area (Å²) < 4.78 is 5.20. The molecule has 2 heterocycles. The minimum Gasteiger partial charge on any atom is -0.497 e. The van der Waals surface area contributed by atoms with Crippen molar-refractivity contribution in [3.63, 3.8) is 0 Å². The zero-order chi connectivity index (χ0) is 18.5. The van der Waals surface area contributed by atoms with E-state index in [0.29, 0.717) is 0 Å². The molecule has 0 aliphatic rings. The zero-order valence-electron chi connectivity index (χ0n) is 15.4. The fourth-order valence-electron chi connectivity index (χ4n) is 3.23. The highest BCUT2D eigenvalue weighted by atomic mass is 16.5. The van der Waals surface area contributed by atoms with Crippen LogP contribution in [0.5, 0.6) is 5.75 Å². The molecule has 4 rings (SSSR count). The Morgan fingerprint density at radius 1 is 0.963 bits per heavy atom. The fraction of sp³-hybridized carbons (Fsp3) is 0.174. The molecule has 0 aliphatic heterocycles. The normalized spacial score (nSPS) is 10.9. The Morgan fingerprint density at radius 3 is 2.70 bits per heavy atom. The molecule has 0 spiro atoms. The molecule has 0 bridgehead atoms. The van der Waals surface area contributed by atoms with Crippen LogP contribution < -0.4 is 10.1 Å². The lowest BCUT2D eigenvalue weighted by molar-refractivity contribution is 0.414. The maximum atomic E-state index is 5.20. The molecule has 0 atom stereocenters. The van der Waals surface area contributed by atoms with Gasteiger partial charge in [0.25, 0.3) is 0 Å². The number of H-pyrrole nitrogens is 1. The number of hydrogen-bond donors (Lipinski definition) is 2. The van der Waals surface area contributed by atoms with Gasteiger partial charge in [0.2, 0.25) is 0 Å². The van der Waals surface area contributed by atoms with Gasteiger partial charge >= 0.3 is 0 Å². The smallest absolute Gasteiger partial charge is 0.118 e. The number of pyridine rings is 1. The predicted molar refractivity (Wildman–Crippen MR) is 111 cm³/mol. The Balaban J connectivity index is 1.33. The SMILES string of the molecule is COc1ccc(CCCNc2cc(-c3ccc4cnccc4c3)c[nH]2)cc1. The number of fused-ring (bicyclic) bond motifs is 1. The van der Waals surface area contributed by atoms with Crippen molar-refractivity contribution in [3.05, 3.63) is 78.8 Å². The molecule has 27 heavy (non-hydrogen) atoms. The van der Waals surface area contributed by atoms with E-state index in [2.05, 4.69) is 51.7 Å². The Morgan fingerprint density at radius 2 is 1.85 bits per heavy atom. The molecule has 4 aromatic rings. The summed E-state index contributed by atoms with van der Waals surface area (Å²) in [5.41, 5.74) is 3.72. The molecule has 4 nitrogen and oxygen atoms in total. The topological polar surface area (TPSA) is 49.9 Å². The van der Waals surface area contributed by atoms with Crippen LogP contribution in [-0.2, 0) is 6.42 Å². The molecule has 0 amide bonds. The summed E-state index contributed by atoms with van der Waals surface area (Å²) in [5, 5.41) is 5.84. The van der Waals surface area contributed by atoms with Crippen molar-refractivity contribution in [2.24, 2.45) is 0 Å². The van der Waals surface area contributed by atoms with Crippen LogP contribution in [0.2, 0.25) is 0 Å². The first kappa shape index (κ1) is 17.2. The summed E-state index contributed by atoms with van der Waals surface area (Å²) in [7, 11) is 1.69. The van der Waals surface area contributed by atoms with Gasteiger partial charge in [-0.3, -0.25) is 4.98 Å². The van der Waals surface area contributed by atoms with E-state index < -0.39 is 0 Å². The van der Waals surface area contributed by atoms with Crippen LogP contribution in [0, 0.1) is 0 Å². The van der Waals surface area contributed by atoms with Crippen molar-refractivity contribution < 1.29 is 4.74 Å². The lowest BCUT2D eigenvalue weighted by atomic mass is 10.0. The average Bonchev–Trinajstić information content (AvgIpc) is 3.20. The molecule has 2 aromatic heterocycles. The number of benzene rings is 2. The third-order valence-corrected chi connectivity index (χ3v) is 4.77. The second-order valence-electron chi connectivity index (χ2n) is 6.62. The van der Waals surface area contributed by atoms with Gasteiger partial charge in [-0.2, -0.15) is 0 Å². The number of aryl methyl sites for hydroxylation is 1. The summed E-state index contributed by atoms with van der Waals surface area (Å²) in [6.45, 7) is 0.926. The number of hydrogen-bond acceptors (Lipinski definition) is 3. The number of ether oxygens (including phenoxy) is 1. The van der Waals surface area contributed by atoms with Gasteiger partial charge in [0, 0.05) is 36.1 Å². The van der Waals surface area contributed by atoms with Crippen LogP contribution >= 0.6 is 0 Å². The van der Waals surface area contributed by atoms with Gasteiger partial charge in [0.1, 0.15) is 11.6 Å². The number of methoxy groups -OCH3 is 1. The predicted octanol–water partition coefficient (Wildman–Crippen LogP) is 5.28. The van der Waals surface area contributed by atoms with Crippen molar-refractivity contribution in [1.29, 1.82) is 0 Å². The van der Waals surface area contributed by atoms with Crippen molar-refractivity contribution in [3.8, 4) is 16.9 Å². The van der Waals surface area contributed by atoms with E-state index in [0.717, 1.165) is 36.3 Å². The highest BCUT2D eigenvalue weighted by Crippen LogP contribution is 2.26. The van der Waals surface area contributed by atoms with Crippen molar-refractivity contribution >= 4 is 16.6 Å². The Kier molecular flexibility index (Phi) is 5.06. The molecular weight excluding hydrogens is 334 g/mol. The summed E-state index contributed by atoms with van der Waals surface area (Å²) in [4.78, 5) is 7.50. The third kappa shape index (κ3) is 4.11. The molecule has 0 saturated heterocycles. The third-order valence-electron chi connectivity index (χ3n) is 4.77. The van der Waals surface area contributed by atoms with E-state index in [9.17, 15) is 0 Å². The highest BCUT2D eigenvalue weighted by molar-refractivity contribution is 5.86. The first-order chi connectivity index (χ1) is 13.3. The summed E-state index contributed by atoms with van der Waals surface area (Å²) in [5.74, 6) is 1.95. The molecule has 136 valence electrons. The largest absolute Gasteiger partial charge is 0.497 e. The first-order valence-corrected chi connectivity index (χ1v) is 9.21. The molecule has 0 unspecified atom stereocenters. The van der Waals surface area contributed by atoms with Gasteiger partial charge in [0.15, 0.2) is 0 Å². The number of nitrogens with one attached hydrogen (secondary N) is 2. The molecular formula is C23H23N3O. The number of rotatable bonds is 7. The molecule has 4 heteroatoms. The minimum absolute atomic E-state index is 0.903. The lowest BCUT2D eigenvalue weighted by Crippen LogP contribution is -2.03. The van der Waals surface area contributed by atoms with Gasteiger partial charge in [-0.15, -0.1) is 0 Å². The minimum atomic E-state index is 0.903. The summed E-state index contributed by atoms with van der Waals surface area (Å²) >= 11 is 0. The lowest BCUT2D eigenvalue weighted by Gasteiger charge is -2.05. The van der Waals surface area contributed by atoms with Crippen LogP contribution in [0.15, 0.2) is 73.2 Å². The molecule has 2 aromatic carbocycles. The van der Waals surface area contributed by atoms with E-state index in [1.165, 1.54) is 22.1 Å². The number of anilines is 1. The van der Waals surface area contributed by atoms with Crippen LogP contribution in [-0.4, -0.2) is 23.6 Å². The van der Waals surface area contributed by atoms with Gasteiger partial charge in [-0.05, 0) is 59.7 Å². The monoisotopic (exact) mass is 357 g/mol.